The zero-order chi connectivity index (χ0) is 11.6. The van der Waals surface area contributed by atoms with Gasteiger partial charge < -0.3 is 9.47 Å². The zero-order valence-electron chi connectivity index (χ0n) is 9.67. The van der Waals surface area contributed by atoms with E-state index in [0.717, 1.165) is 0 Å². The first-order chi connectivity index (χ1) is 7.52. The molecule has 4 heteroatoms. The molecule has 3 rings (SSSR count). The molecule has 0 aromatic rings. The van der Waals surface area contributed by atoms with Gasteiger partial charge in [0.15, 0.2) is 0 Å². The normalized spacial score (nSPS) is 53.9. The summed E-state index contributed by atoms with van der Waals surface area (Å²) in [5.74, 6) is -0.0884. The smallest absolute Gasteiger partial charge is 0.312 e. The highest BCUT2D eigenvalue weighted by Crippen LogP contribution is 2.54. The lowest BCUT2D eigenvalue weighted by Gasteiger charge is -2.33. The summed E-state index contributed by atoms with van der Waals surface area (Å²) in [6.07, 6.45) is -0.0555. The molecule has 2 saturated heterocycles. The predicted octanol–water partition coefficient (Wildman–Crippen LogP) is 0.786. The fraction of sp³-hybridized carbons (Fsp3) is 0.833. The number of epoxide rings is 1. The van der Waals surface area contributed by atoms with Crippen molar-refractivity contribution in [3.05, 3.63) is 0 Å². The molecule has 0 unspecified atom stereocenters. The third kappa shape index (κ3) is 1.14. The van der Waals surface area contributed by atoms with Crippen molar-refractivity contribution in [3.8, 4) is 0 Å². The van der Waals surface area contributed by atoms with Crippen LogP contribution in [0.4, 0.5) is 0 Å². The summed E-state index contributed by atoms with van der Waals surface area (Å²) in [6.45, 7) is 5.53. The van der Waals surface area contributed by atoms with Gasteiger partial charge in [-0.25, -0.2) is 0 Å². The summed E-state index contributed by atoms with van der Waals surface area (Å²) in [5, 5.41) is 0. The molecule has 3 aliphatic rings. The average Bonchev–Trinajstić information content (AvgIpc) is 2.91. The van der Waals surface area contributed by atoms with Crippen molar-refractivity contribution in [2.45, 2.75) is 39.1 Å². The number of hydrogen-bond acceptors (Lipinski definition) is 4. The maximum atomic E-state index is 11.7. The number of carbonyl (C=O) groups is 2. The van der Waals surface area contributed by atoms with Crippen LogP contribution in [0.25, 0.3) is 0 Å². The molecule has 0 bridgehead atoms. The van der Waals surface area contributed by atoms with Crippen molar-refractivity contribution >= 4 is 11.8 Å². The van der Waals surface area contributed by atoms with Crippen molar-refractivity contribution < 1.29 is 19.1 Å². The van der Waals surface area contributed by atoms with Gasteiger partial charge in [0.1, 0.15) is 11.9 Å². The van der Waals surface area contributed by atoms with E-state index >= 15 is 0 Å². The molecule has 7 atom stereocenters. The van der Waals surface area contributed by atoms with Gasteiger partial charge >= 0.3 is 5.97 Å². The van der Waals surface area contributed by atoms with Crippen LogP contribution in [0.15, 0.2) is 0 Å². The van der Waals surface area contributed by atoms with E-state index in [1.54, 1.807) is 6.92 Å². The summed E-state index contributed by atoms with van der Waals surface area (Å²) in [5.41, 5.74) is 0. The first kappa shape index (κ1) is 10.3. The summed E-state index contributed by atoms with van der Waals surface area (Å²) in [4.78, 5) is 23.5. The number of ketones is 1. The average molecular weight is 224 g/mol. The summed E-state index contributed by atoms with van der Waals surface area (Å²) in [7, 11) is 0. The van der Waals surface area contributed by atoms with Crippen molar-refractivity contribution in [1.82, 2.24) is 0 Å². The zero-order valence-corrected chi connectivity index (χ0v) is 9.67. The molecule has 2 heterocycles. The van der Waals surface area contributed by atoms with Crippen molar-refractivity contribution in [1.29, 1.82) is 0 Å². The highest BCUT2D eigenvalue weighted by atomic mass is 16.6. The number of Topliss-reactive ketones (excluding diaryl/α,β-unsaturated/α-hetero) is 1. The van der Waals surface area contributed by atoms with E-state index in [-0.39, 0.29) is 53.7 Å². The molecule has 0 N–H and O–H groups in total. The van der Waals surface area contributed by atoms with Gasteiger partial charge in [-0.15, -0.1) is 0 Å². The van der Waals surface area contributed by atoms with Crippen molar-refractivity contribution in [2.75, 3.05) is 0 Å². The molecule has 4 nitrogen and oxygen atoms in total. The van der Waals surface area contributed by atoms with E-state index in [9.17, 15) is 9.59 Å². The molecule has 0 aromatic heterocycles. The van der Waals surface area contributed by atoms with Crippen LogP contribution in [0, 0.1) is 23.7 Å². The van der Waals surface area contributed by atoms with E-state index in [1.165, 1.54) is 0 Å². The third-order valence-electron chi connectivity index (χ3n) is 4.42. The first-order valence-corrected chi connectivity index (χ1v) is 5.88. The number of fused-ring (bicyclic) bond motifs is 3. The van der Waals surface area contributed by atoms with Crippen LogP contribution in [0.5, 0.6) is 0 Å². The number of rotatable bonds is 1. The minimum absolute atomic E-state index is 0.00745. The van der Waals surface area contributed by atoms with Gasteiger partial charge in [-0.1, -0.05) is 6.92 Å². The SMILES string of the molecule is CC(=O)[C@H]1[C@H](C)[C@@H]2O[C@@H]2[C@H]2C(=O)O[C@H](C)[C@H]21. The number of cyclic esters (lactones) is 1. The Morgan fingerprint density at radius 1 is 1.25 bits per heavy atom. The molecular weight excluding hydrogens is 208 g/mol. The van der Waals surface area contributed by atoms with Crippen LogP contribution < -0.4 is 0 Å². The Labute approximate surface area is 94.3 Å². The fourth-order valence-corrected chi connectivity index (χ4v) is 3.70. The third-order valence-corrected chi connectivity index (χ3v) is 4.42. The molecule has 1 saturated carbocycles. The monoisotopic (exact) mass is 224 g/mol. The number of carbonyl (C=O) groups excluding carboxylic acids is 2. The Balaban J connectivity index is 1.99. The highest BCUT2D eigenvalue weighted by Gasteiger charge is 2.66. The summed E-state index contributed by atoms with van der Waals surface area (Å²) >= 11 is 0. The standard InChI is InChI=1S/C12H16O4/c1-4-7(5(2)13)8-6(3)15-12(14)9(8)11-10(4)16-11/h4,6-11H,1-3H3/t4-,6+,7+,8-,9-,10-,11+/m0/s1. The van der Waals surface area contributed by atoms with Gasteiger partial charge in [0.25, 0.3) is 0 Å². The minimum atomic E-state index is -0.204. The molecule has 0 amide bonds. The molecule has 0 spiro atoms. The second kappa shape index (κ2) is 3.06. The van der Waals surface area contributed by atoms with Gasteiger partial charge in [-0.3, -0.25) is 9.59 Å². The maximum Gasteiger partial charge on any atom is 0.312 e. The molecule has 0 aromatic carbocycles. The predicted molar refractivity (Wildman–Crippen MR) is 54.5 cm³/mol. The molecule has 2 aliphatic heterocycles. The van der Waals surface area contributed by atoms with Crippen molar-refractivity contribution in [2.24, 2.45) is 23.7 Å². The van der Waals surface area contributed by atoms with Gasteiger partial charge in [-0.05, 0) is 19.8 Å². The second-order valence-corrected chi connectivity index (χ2v) is 5.31. The summed E-state index contributed by atoms with van der Waals surface area (Å²) < 4.78 is 10.8. The van der Waals surface area contributed by atoms with Crippen LogP contribution >= 0.6 is 0 Å². The lowest BCUT2D eigenvalue weighted by Crippen LogP contribution is -2.44. The second-order valence-electron chi connectivity index (χ2n) is 5.31. The van der Waals surface area contributed by atoms with Crippen LogP contribution in [0.1, 0.15) is 20.8 Å². The quantitative estimate of drug-likeness (QED) is 0.488. The van der Waals surface area contributed by atoms with E-state index in [0.29, 0.717) is 0 Å². The Morgan fingerprint density at radius 2 is 1.94 bits per heavy atom. The lowest BCUT2D eigenvalue weighted by molar-refractivity contribution is -0.144. The largest absolute Gasteiger partial charge is 0.462 e. The van der Waals surface area contributed by atoms with E-state index in [4.69, 9.17) is 9.47 Å². The maximum absolute atomic E-state index is 11.7. The topological polar surface area (TPSA) is 55.9 Å². The van der Waals surface area contributed by atoms with Crippen LogP contribution in [0.3, 0.4) is 0 Å². The Morgan fingerprint density at radius 3 is 2.56 bits per heavy atom. The Kier molecular flexibility index (Phi) is 1.97. The van der Waals surface area contributed by atoms with E-state index in [2.05, 4.69) is 0 Å². The molecule has 0 radical (unpaired) electrons. The van der Waals surface area contributed by atoms with Crippen LogP contribution in [0.2, 0.25) is 0 Å². The molecule has 88 valence electrons. The van der Waals surface area contributed by atoms with Crippen molar-refractivity contribution in [3.63, 3.8) is 0 Å². The van der Waals surface area contributed by atoms with Gasteiger partial charge in [-0.2, -0.15) is 0 Å². The molecule has 16 heavy (non-hydrogen) atoms. The molecular formula is C12H16O4. The van der Waals surface area contributed by atoms with Gasteiger partial charge in [0.2, 0.25) is 0 Å². The number of hydrogen-bond donors (Lipinski definition) is 0. The number of ether oxygens (including phenoxy) is 2. The fourth-order valence-electron chi connectivity index (χ4n) is 3.70. The minimum Gasteiger partial charge on any atom is -0.462 e. The van der Waals surface area contributed by atoms with E-state index < -0.39 is 0 Å². The molecule has 3 fully saturated rings. The Hall–Kier alpha value is -0.900. The lowest BCUT2D eigenvalue weighted by atomic mass is 9.65. The molecule has 1 aliphatic carbocycles. The van der Waals surface area contributed by atoms with Crippen LogP contribution in [-0.2, 0) is 19.1 Å². The summed E-state index contributed by atoms with van der Waals surface area (Å²) in [6, 6.07) is 0. The highest BCUT2D eigenvalue weighted by molar-refractivity contribution is 5.83. The van der Waals surface area contributed by atoms with Gasteiger partial charge in [0, 0.05) is 11.8 Å². The van der Waals surface area contributed by atoms with Gasteiger partial charge in [0.05, 0.1) is 18.1 Å². The first-order valence-electron chi connectivity index (χ1n) is 5.88. The number of esters is 1. The Bertz CT molecular complexity index is 364. The van der Waals surface area contributed by atoms with E-state index in [1.807, 2.05) is 13.8 Å². The van der Waals surface area contributed by atoms with Crippen LogP contribution in [-0.4, -0.2) is 30.1 Å².